The van der Waals surface area contributed by atoms with Gasteiger partial charge in [0.15, 0.2) is 0 Å². The minimum atomic E-state index is -0.401. The third kappa shape index (κ3) is 4.66. The molecule has 1 aliphatic heterocycles. The van der Waals surface area contributed by atoms with Crippen molar-refractivity contribution in [3.05, 3.63) is 70.4 Å². The minimum Gasteiger partial charge on any atom is -0.326 e. The topological polar surface area (TPSA) is 49.4 Å². The number of hydrogen-bond donors (Lipinski definition) is 1. The maximum atomic E-state index is 13.8. The number of benzene rings is 2. The summed E-state index contributed by atoms with van der Waals surface area (Å²) in [5, 5.41) is 2.88. The van der Waals surface area contributed by atoms with E-state index in [-0.39, 0.29) is 24.8 Å². The van der Waals surface area contributed by atoms with Gasteiger partial charge in [-0.1, -0.05) is 67.3 Å². The monoisotopic (exact) mass is 414 g/mol. The van der Waals surface area contributed by atoms with Crippen LogP contribution in [0.2, 0.25) is 0 Å². The van der Waals surface area contributed by atoms with Crippen molar-refractivity contribution in [3.8, 4) is 0 Å². The number of nitrogens with one attached hydrogen (secondary N) is 1. The van der Waals surface area contributed by atoms with Gasteiger partial charge in [0.25, 0.3) is 5.91 Å². The lowest BCUT2D eigenvalue weighted by Gasteiger charge is -2.15. The van der Waals surface area contributed by atoms with Gasteiger partial charge in [-0.25, -0.2) is 4.39 Å². The number of thioether (sulfide) groups is 1. The molecule has 1 fully saturated rings. The molecule has 3 rings (SSSR count). The van der Waals surface area contributed by atoms with Crippen LogP contribution in [0.5, 0.6) is 0 Å². The Labute approximate surface area is 172 Å². The minimum absolute atomic E-state index is 0.122. The summed E-state index contributed by atoms with van der Waals surface area (Å²) in [6.45, 7) is 2.20. The molecule has 2 aromatic carbocycles. The first-order valence-corrected chi connectivity index (χ1v) is 10.1. The van der Waals surface area contributed by atoms with Gasteiger partial charge in [-0.05, 0) is 30.2 Å². The Bertz CT molecular complexity index is 959. The zero-order valence-electron chi connectivity index (χ0n) is 15.3. The van der Waals surface area contributed by atoms with Gasteiger partial charge in [-0.15, -0.1) is 0 Å². The first-order chi connectivity index (χ1) is 13.5. The van der Waals surface area contributed by atoms with Gasteiger partial charge in [0.1, 0.15) is 10.1 Å². The molecular formula is C21H19FN2O2S2. The molecule has 2 amide bonds. The molecule has 0 aliphatic carbocycles. The van der Waals surface area contributed by atoms with Gasteiger partial charge in [-0.2, -0.15) is 0 Å². The molecule has 0 atom stereocenters. The zero-order valence-corrected chi connectivity index (χ0v) is 16.9. The highest BCUT2D eigenvalue weighted by molar-refractivity contribution is 8.26. The zero-order chi connectivity index (χ0) is 20.1. The van der Waals surface area contributed by atoms with Crippen LogP contribution in [0.1, 0.15) is 24.5 Å². The van der Waals surface area contributed by atoms with Crippen LogP contribution < -0.4 is 5.32 Å². The summed E-state index contributed by atoms with van der Waals surface area (Å²) in [5.41, 5.74) is 2.16. The molecule has 0 bridgehead atoms. The number of carbonyl (C=O) groups is 2. The van der Waals surface area contributed by atoms with Gasteiger partial charge < -0.3 is 5.32 Å². The van der Waals surface area contributed by atoms with Crippen molar-refractivity contribution >= 4 is 51.9 Å². The van der Waals surface area contributed by atoms with E-state index >= 15 is 0 Å². The number of aryl methyl sites for hydroxylation is 1. The summed E-state index contributed by atoms with van der Waals surface area (Å²) in [4.78, 5) is 26.6. The van der Waals surface area contributed by atoms with Crippen LogP contribution in [-0.2, 0) is 16.0 Å². The number of nitrogens with zero attached hydrogens (tertiary/aromatic N) is 1. The number of amides is 2. The summed E-state index contributed by atoms with van der Waals surface area (Å²) in [6, 6.07) is 13.8. The van der Waals surface area contributed by atoms with E-state index in [0.717, 1.165) is 29.4 Å². The molecular weight excluding hydrogens is 395 g/mol. The van der Waals surface area contributed by atoms with E-state index in [0.29, 0.717) is 14.8 Å². The molecule has 2 aromatic rings. The van der Waals surface area contributed by atoms with Gasteiger partial charge >= 0.3 is 0 Å². The van der Waals surface area contributed by atoms with Crippen LogP contribution in [0, 0.1) is 5.82 Å². The van der Waals surface area contributed by atoms with Crippen LogP contribution in [0.25, 0.3) is 6.08 Å². The molecule has 1 heterocycles. The molecule has 1 saturated heterocycles. The first-order valence-electron chi connectivity index (χ1n) is 8.87. The number of anilines is 1. The summed E-state index contributed by atoms with van der Waals surface area (Å²) in [7, 11) is 0. The van der Waals surface area contributed by atoms with Gasteiger partial charge in [0.2, 0.25) is 5.91 Å². The second-order valence-corrected chi connectivity index (χ2v) is 7.84. The molecule has 0 unspecified atom stereocenters. The molecule has 144 valence electrons. The Balaban J connectivity index is 1.63. The molecule has 0 spiro atoms. The number of halogens is 1. The fraction of sp³-hybridized carbons (Fsp3) is 0.190. The smallest absolute Gasteiger partial charge is 0.266 e. The third-order valence-electron chi connectivity index (χ3n) is 4.30. The van der Waals surface area contributed by atoms with Crippen LogP contribution in [0.4, 0.5) is 10.1 Å². The maximum absolute atomic E-state index is 13.8. The average Bonchev–Trinajstić information content (AvgIpc) is 2.95. The lowest BCUT2D eigenvalue weighted by molar-refractivity contribution is -0.122. The van der Waals surface area contributed by atoms with Crippen molar-refractivity contribution < 1.29 is 14.0 Å². The van der Waals surface area contributed by atoms with Crippen molar-refractivity contribution in [2.45, 2.75) is 19.8 Å². The molecule has 28 heavy (non-hydrogen) atoms. The van der Waals surface area contributed by atoms with E-state index in [1.165, 1.54) is 17.0 Å². The highest BCUT2D eigenvalue weighted by Gasteiger charge is 2.32. The Hall–Kier alpha value is -2.51. The molecule has 0 aromatic heterocycles. The van der Waals surface area contributed by atoms with Crippen LogP contribution >= 0.6 is 24.0 Å². The summed E-state index contributed by atoms with van der Waals surface area (Å²) in [5.74, 6) is -0.894. The normalized spacial score (nSPS) is 15.4. The summed E-state index contributed by atoms with van der Waals surface area (Å²) < 4.78 is 14.2. The van der Waals surface area contributed by atoms with Crippen LogP contribution in [0.3, 0.4) is 0 Å². The second-order valence-electron chi connectivity index (χ2n) is 6.16. The van der Waals surface area contributed by atoms with Gasteiger partial charge in [-0.3, -0.25) is 14.5 Å². The van der Waals surface area contributed by atoms with Crippen molar-refractivity contribution in [1.29, 1.82) is 0 Å². The number of para-hydroxylation sites is 1. The Kier molecular flexibility index (Phi) is 6.59. The number of carbonyl (C=O) groups excluding carboxylic acids is 2. The quantitative estimate of drug-likeness (QED) is 0.554. The lowest BCUT2D eigenvalue weighted by Crippen LogP contribution is -2.31. The van der Waals surface area contributed by atoms with Gasteiger partial charge in [0, 0.05) is 24.2 Å². The van der Waals surface area contributed by atoms with Crippen molar-refractivity contribution in [1.82, 2.24) is 4.90 Å². The molecule has 7 heteroatoms. The fourth-order valence-corrected chi connectivity index (χ4v) is 4.10. The van der Waals surface area contributed by atoms with Crippen molar-refractivity contribution in [2.75, 3.05) is 11.9 Å². The second kappa shape index (κ2) is 9.12. The Morgan fingerprint density at radius 2 is 1.93 bits per heavy atom. The predicted molar refractivity (Wildman–Crippen MR) is 115 cm³/mol. The molecule has 0 saturated carbocycles. The Morgan fingerprint density at radius 1 is 1.21 bits per heavy atom. The average molecular weight is 415 g/mol. The highest BCUT2D eigenvalue weighted by Crippen LogP contribution is 2.33. The van der Waals surface area contributed by atoms with E-state index in [2.05, 4.69) is 5.32 Å². The van der Waals surface area contributed by atoms with Crippen molar-refractivity contribution in [2.24, 2.45) is 0 Å². The van der Waals surface area contributed by atoms with Crippen LogP contribution in [-0.4, -0.2) is 27.6 Å². The van der Waals surface area contributed by atoms with E-state index in [1.807, 2.05) is 31.2 Å². The van der Waals surface area contributed by atoms with Crippen LogP contribution in [0.15, 0.2) is 53.4 Å². The number of rotatable bonds is 6. The summed E-state index contributed by atoms with van der Waals surface area (Å²) >= 11 is 6.38. The van der Waals surface area contributed by atoms with E-state index in [4.69, 9.17) is 12.2 Å². The standard InChI is InChI=1S/C21H19FN2O2S2/c1-2-14-7-4-6-10-17(14)23-19(25)11-12-24-20(26)18(28-21(24)27)13-15-8-3-5-9-16(15)22/h3-10,13H,2,11-12H2,1H3,(H,23,25). The highest BCUT2D eigenvalue weighted by atomic mass is 32.2. The molecule has 1 aliphatic rings. The predicted octanol–water partition coefficient (Wildman–Crippen LogP) is 4.62. The summed E-state index contributed by atoms with van der Waals surface area (Å²) in [6.07, 6.45) is 2.43. The van der Waals surface area contributed by atoms with Crippen molar-refractivity contribution in [3.63, 3.8) is 0 Å². The molecule has 4 nitrogen and oxygen atoms in total. The number of thiocarbonyl (C=S) groups is 1. The first kappa shape index (κ1) is 20.2. The fourth-order valence-electron chi connectivity index (χ4n) is 2.80. The SMILES string of the molecule is CCc1ccccc1NC(=O)CCN1C(=O)C(=Cc2ccccc2F)SC1=S. The third-order valence-corrected chi connectivity index (χ3v) is 5.68. The van der Waals surface area contributed by atoms with E-state index < -0.39 is 5.82 Å². The Morgan fingerprint density at radius 3 is 2.68 bits per heavy atom. The maximum Gasteiger partial charge on any atom is 0.266 e. The molecule has 1 N–H and O–H groups in total. The van der Waals surface area contributed by atoms with Gasteiger partial charge in [0.05, 0.1) is 4.91 Å². The van der Waals surface area contributed by atoms with E-state index in [1.54, 1.807) is 18.2 Å². The lowest BCUT2D eigenvalue weighted by atomic mass is 10.1. The largest absolute Gasteiger partial charge is 0.326 e. The van der Waals surface area contributed by atoms with E-state index in [9.17, 15) is 14.0 Å². The molecule has 0 radical (unpaired) electrons. The number of hydrogen-bond acceptors (Lipinski definition) is 4.